The molecule has 8 heteroatoms. The van der Waals surface area contributed by atoms with Gasteiger partial charge in [0.05, 0.1) is 18.6 Å². The first-order valence-electron chi connectivity index (χ1n) is 11.2. The zero-order valence-electron chi connectivity index (χ0n) is 18.5. The van der Waals surface area contributed by atoms with E-state index in [0.29, 0.717) is 12.8 Å². The van der Waals surface area contributed by atoms with Gasteiger partial charge < -0.3 is 25.2 Å². The molecule has 1 saturated heterocycles. The highest BCUT2D eigenvalue weighted by Crippen LogP contribution is 2.44. The van der Waals surface area contributed by atoms with E-state index >= 15 is 0 Å². The van der Waals surface area contributed by atoms with Crippen LogP contribution in [0.2, 0.25) is 0 Å². The molecular formula is C25H28N2O6. The number of ether oxygens (including phenoxy) is 2. The lowest BCUT2D eigenvalue weighted by Gasteiger charge is -2.16. The second-order valence-electron chi connectivity index (χ2n) is 8.40. The second kappa shape index (κ2) is 10.0. The first-order valence-corrected chi connectivity index (χ1v) is 11.2. The van der Waals surface area contributed by atoms with E-state index in [9.17, 15) is 14.4 Å². The number of amides is 2. The monoisotopic (exact) mass is 452 g/mol. The fourth-order valence-electron chi connectivity index (χ4n) is 4.51. The minimum atomic E-state index is -1.06. The molecule has 3 N–H and O–H groups in total. The zero-order valence-corrected chi connectivity index (χ0v) is 18.5. The van der Waals surface area contributed by atoms with E-state index in [0.717, 1.165) is 11.1 Å². The molecule has 4 rings (SSSR count). The summed E-state index contributed by atoms with van der Waals surface area (Å²) in [6, 6.07) is 15.4. The molecule has 8 nitrogen and oxygen atoms in total. The fraction of sp³-hybridized carbons (Fsp3) is 0.400. The van der Waals surface area contributed by atoms with Crippen molar-refractivity contribution in [2.75, 3.05) is 19.8 Å². The minimum absolute atomic E-state index is 0.0142. The Hall–Kier alpha value is -3.39. The van der Waals surface area contributed by atoms with E-state index in [4.69, 9.17) is 14.6 Å². The first-order chi connectivity index (χ1) is 16.0. The molecule has 0 saturated carbocycles. The van der Waals surface area contributed by atoms with E-state index in [1.807, 2.05) is 24.3 Å². The highest BCUT2D eigenvalue weighted by Gasteiger charge is 2.33. The van der Waals surface area contributed by atoms with Crippen molar-refractivity contribution in [1.82, 2.24) is 10.6 Å². The Balaban J connectivity index is 1.25. The van der Waals surface area contributed by atoms with Gasteiger partial charge in [-0.2, -0.15) is 0 Å². The van der Waals surface area contributed by atoms with E-state index in [-0.39, 0.29) is 37.7 Å². The molecule has 1 fully saturated rings. The van der Waals surface area contributed by atoms with Crippen molar-refractivity contribution < 1.29 is 29.0 Å². The van der Waals surface area contributed by atoms with E-state index in [1.165, 1.54) is 11.1 Å². The Morgan fingerprint density at radius 1 is 1.09 bits per heavy atom. The van der Waals surface area contributed by atoms with Gasteiger partial charge in [0.15, 0.2) is 0 Å². The summed E-state index contributed by atoms with van der Waals surface area (Å²) in [5.41, 5.74) is 4.62. The van der Waals surface area contributed by atoms with Crippen LogP contribution < -0.4 is 10.6 Å². The van der Waals surface area contributed by atoms with Crippen LogP contribution in [-0.4, -0.2) is 55.0 Å². The summed E-state index contributed by atoms with van der Waals surface area (Å²) < 4.78 is 11.1. The molecule has 0 unspecified atom stereocenters. The molecule has 174 valence electrons. The number of fused-ring (bicyclic) bond motifs is 3. The number of nitrogens with one attached hydrogen (secondary N) is 2. The first kappa shape index (κ1) is 22.8. The molecule has 0 aromatic heterocycles. The number of carbonyl (C=O) groups excluding carboxylic acids is 2. The summed E-state index contributed by atoms with van der Waals surface area (Å²) in [7, 11) is 0. The van der Waals surface area contributed by atoms with Crippen LogP contribution in [0.1, 0.15) is 36.8 Å². The Bertz CT molecular complexity index is 994. The van der Waals surface area contributed by atoms with E-state index < -0.39 is 24.0 Å². The highest BCUT2D eigenvalue weighted by molar-refractivity contribution is 5.85. The van der Waals surface area contributed by atoms with Gasteiger partial charge in [0.2, 0.25) is 5.91 Å². The van der Waals surface area contributed by atoms with Crippen LogP contribution in [0.15, 0.2) is 48.5 Å². The largest absolute Gasteiger partial charge is 0.480 e. The summed E-state index contributed by atoms with van der Waals surface area (Å²) >= 11 is 0. The Kier molecular flexibility index (Phi) is 6.93. The SMILES string of the molecule is CC[C@@H](NC(=O)[C@@H]1CO[C@H](CNC(=O)OCC2c3ccccc3-c3ccccc32)C1)C(=O)O. The molecule has 1 aliphatic carbocycles. The molecule has 0 spiro atoms. The molecule has 2 aliphatic rings. The average Bonchev–Trinajstić information content (AvgIpc) is 3.42. The van der Waals surface area contributed by atoms with Crippen molar-refractivity contribution in [3.8, 4) is 11.1 Å². The predicted octanol–water partition coefficient (Wildman–Crippen LogP) is 2.91. The maximum absolute atomic E-state index is 12.3. The number of alkyl carbamates (subject to hydrolysis) is 1. The van der Waals surface area contributed by atoms with Gasteiger partial charge in [-0.3, -0.25) is 4.79 Å². The Labute approximate surface area is 192 Å². The molecular weight excluding hydrogens is 424 g/mol. The van der Waals surface area contributed by atoms with Gasteiger partial charge in [-0.05, 0) is 35.1 Å². The van der Waals surface area contributed by atoms with Gasteiger partial charge in [0, 0.05) is 12.5 Å². The van der Waals surface area contributed by atoms with Crippen molar-refractivity contribution in [3.63, 3.8) is 0 Å². The van der Waals surface area contributed by atoms with Crippen LogP contribution in [-0.2, 0) is 19.1 Å². The molecule has 1 aliphatic heterocycles. The van der Waals surface area contributed by atoms with Crippen molar-refractivity contribution in [3.05, 3.63) is 59.7 Å². The van der Waals surface area contributed by atoms with E-state index in [1.54, 1.807) is 6.92 Å². The highest BCUT2D eigenvalue weighted by atomic mass is 16.5. The third-order valence-electron chi connectivity index (χ3n) is 6.29. The summed E-state index contributed by atoms with van der Waals surface area (Å²) in [5, 5.41) is 14.3. The second-order valence-corrected chi connectivity index (χ2v) is 8.40. The summed E-state index contributed by atoms with van der Waals surface area (Å²) in [5.74, 6) is -1.85. The number of hydrogen-bond donors (Lipinski definition) is 3. The molecule has 0 bridgehead atoms. The van der Waals surface area contributed by atoms with Crippen molar-refractivity contribution in [2.45, 2.75) is 37.8 Å². The minimum Gasteiger partial charge on any atom is -0.480 e. The quantitative estimate of drug-likeness (QED) is 0.568. The average molecular weight is 453 g/mol. The lowest BCUT2D eigenvalue weighted by Crippen LogP contribution is -2.43. The van der Waals surface area contributed by atoms with Crippen LogP contribution >= 0.6 is 0 Å². The summed E-state index contributed by atoms with van der Waals surface area (Å²) in [4.78, 5) is 35.7. The molecule has 0 radical (unpaired) electrons. The molecule has 2 aromatic carbocycles. The summed E-state index contributed by atoms with van der Waals surface area (Å²) in [6.45, 7) is 2.34. The van der Waals surface area contributed by atoms with Crippen molar-refractivity contribution >= 4 is 18.0 Å². The van der Waals surface area contributed by atoms with Gasteiger partial charge in [0.25, 0.3) is 0 Å². The normalized spacial score (nSPS) is 19.9. The molecule has 33 heavy (non-hydrogen) atoms. The maximum atomic E-state index is 12.3. The van der Waals surface area contributed by atoms with Gasteiger partial charge in [-0.15, -0.1) is 0 Å². The number of carboxylic acids is 1. The molecule has 3 atom stereocenters. The summed E-state index contributed by atoms with van der Waals surface area (Å²) in [6.07, 6.45) is -0.149. The zero-order chi connectivity index (χ0) is 23.4. The van der Waals surface area contributed by atoms with Crippen LogP contribution in [0.4, 0.5) is 4.79 Å². The van der Waals surface area contributed by atoms with Crippen LogP contribution in [0.25, 0.3) is 11.1 Å². The number of hydrogen-bond acceptors (Lipinski definition) is 5. The number of carbonyl (C=O) groups is 3. The van der Waals surface area contributed by atoms with Crippen LogP contribution in [0.5, 0.6) is 0 Å². The third kappa shape index (κ3) is 5.01. The van der Waals surface area contributed by atoms with Gasteiger partial charge in [0.1, 0.15) is 12.6 Å². The Morgan fingerprint density at radius 3 is 2.33 bits per heavy atom. The maximum Gasteiger partial charge on any atom is 0.407 e. The number of benzene rings is 2. The van der Waals surface area contributed by atoms with Gasteiger partial charge >= 0.3 is 12.1 Å². The predicted molar refractivity (Wildman–Crippen MR) is 121 cm³/mol. The molecule has 1 heterocycles. The Morgan fingerprint density at radius 2 is 1.73 bits per heavy atom. The lowest BCUT2D eigenvalue weighted by molar-refractivity contribution is -0.142. The molecule has 2 amide bonds. The topological polar surface area (TPSA) is 114 Å². The third-order valence-corrected chi connectivity index (χ3v) is 6.29. The van der Waals surface area contributed by atoms with Gasteiger partial charge in [-0.25, -0.2) is 9.59 Å². The van der Waals surface area contributed by atoms with Crippen LogP contribution in [0, 0.1) is 5.92 Å². The number of carboxylic acid groups (broad SMARTS) is 1. The standard InChI is InChI=1S/C25H28N2O6/c1-2-22(24(29)30)27-23(28)15-11-16(32-13-15)12-26-25(31)33-14-21-19-9-5-3-7-17(19)18-8-4-6-10-20(18)21/h3-10,15-16,21-22H,2,11-14H2,1H3,(H,26,31)(H,27,28)(H,29,30)/t15-,16-,22+/m0/s1. The lowest BCUT2D eigenvalue weighted by atomic mass is 9.98. The number of rotatable bonds is 8. The smallest absolute Gasteiger partial charge is 0.407 e. The fourth-order valence-corrected chi connectivity index (χ4v) is 4.51. The van der Waals surface area contributed by atoms with Crippen molar-refractivity contribution in [1.29, 1.82) is 0 Å². The molecule has 2 aromatic rings. The number of aliphatic carboxylic acids is 1. The van der Waals surface area contributed by atoms with Crippen molar-refractivity contribution in [2.24, 2.45) is 5.92 Å². The van der Waals surface area contributed by atoms with Gasteiger partial charge in [-0.1, -0.05) is 55.5 Å². The van der Waals surface area contributed by atoms with Crippen LogP contribution in [0.3, 0.4) is 0 Å². The van der Waals surface area contributed by atoms with E-state index in [2.05, 4.69) is 34.9 Å².